The van der Waals surface area contributed by atoms with Crippen LogP contribution in [0.3, 0.4) is 0 Å². The molecule has 2 rings (SSSR count). The number of ether oxygens (including phenoxy) is 1. The van der Waals surface area contributed by atoms with Gasteiger partial charge in [-0.2, -0.15) is 0 Å². The Morgan fingerprint density at radius 2 is 2.05 bits per heavy atom. The van der Waals surface area contributed by atoms with Crippen molar-refractivity contribution in [1.29, 1.82) is 0 Å². The number of methoxy groups -OCH3 is 1. The standard InChI is InChI=1S/C15H15N3O4/c1-22-14-7-6-11(18(20)21)8-10(14)9-17-13-5-3-2-4-12(13)15(16)19/h2-8,17H,9H2,1H3,(H2,16,19). The number of non-ortho nitro benzene ring substituents is 1. The third kappa shape index (κ3) is 3.32. The molecule has 0 spiro atoms. The smallest absolute Gasteiger partial charge is 0.270 e. The molecule has 0 fully saturated rings. The number of amides is 1. The fourth-order valence-electron chi connectivity index (χ4n) is 2.06. The molecule has 2 aromatic rings. The van der Waals surface area contributed by atoms with Gasteiger partial charge in [0, 0.05) is 29.9 Å². The van der Waals surface area contributed by atoms with E-state index in [2.05, 4.69) is 5.32 Å². The summed E-state index contributed by atoms with van der Waals surface area (Å²) in [6.07, 6.45) is 0. The van der Waals surface area contributed by atoms with Crippen LogP contribution in [0, 0.1) is 10.1 Å². The van der Waals surface area contributed by atoms with Crippen LogP contribution < -0.4 is 15.8 Å². The molecule has 7 nitrogen and oxygen atoms in total. The summed E-state index contributed by atoms with van der Waals surface area (Å²) in [6.45, 7) is 0.259. The first kappa shape index (κ1) is 15.3. The van der Waals surface area contributed by atoms with Crippen molar-refractivity contribution in [1.82, 2.24) is 0 Å². The number of primary amides is 1. The fraction of sp³-hybridized carbons (Fsp3) is 0.133. The maximum Gasteiger partial charge on any atom is 0.270 e. The Kier molecular flexibility index (Phi) is 4.57. The predicted molar refractivity (Wildman–Crippen MR) is 81.9 cm³/mol. The molecule has 0 saturated heterocycles. The number of benzene rings is 2. The Morgan fingerprint density at radius 1 is 1.32 bits per heavy atom. The van der Waals surface area contributed by atoms with Crippen LogP contribution >= 0.6 is 0 Å². The average molecular weight is 301 g/mol. The highest BCUT2D eigenvalue weighted by Crippen LogP contribution is 2.25. The van der Waals surface area contributed by atoms with Crippen molar-refractivity contribution >= 4 is 17.3 Å². The first-order valence-corrected chi connectivity index (χ1v) is 6.47. The Bertz CT molecular complexity index is 716. The molecule has 0 atom stereocenters. The molecular weight excluding hydrogens is 286 g/mol. The molecule has 3 N–H and O–H groups in total. The first-order valence-electron chi connectivity index (χ1n) is 6.47. The molecular formula is C15H15N3O4. The number of rotatable bonds is 6. The molecule has 0 aliphatic carbocycles. The molecule has 22 heavy (non-hydrogen) atoms. The number of nitro benzene ring substituents is 1. The van der Waals surface area contributed by atoms with Crippen LogP contribution in [-0.2, 0) is 6.54 Å². The van der Waals surface area contributed by atoms with Gasteiger partial charge in [-0.15, -0.1) is 0 Å². The van der Waals surface area contributed by atoms with E-state index < -0.39 is 10.8 Å². The number of nitrogens with zero attached hydrogens (tertiary/aromatic N) is 1. The number of carbonyl (C=O) groups is 1. The van der Waals surface area contributed by atoms with Gasteiger partial charge in [0.2, 0.25) is 0 Å². The highest BCUT2D eigenvalue weighted by Gasteiger charge is 2.12. The summed E-state index contributed by atoms with van der Waals surface area (Å²) >= 11 is 0. The van der Waals surface area contributed by atoms with Gasteiger partial charge in [0.15, 0.2) is 0 Å². The number of anilines is 1. The molecule has 0 heterocycles. The van der Waals surface area contributed by atoms with Crippen LogP contribution in [-0.4, -0.2) is 17.9 Å². The van der Waals surface area contributed by atoms with Gasteiger partial charge in [-0.1, -0.05) is 12.1 Å². The van der Waals surface area contributed by atoms with E-state index in [1.807, 2.05) is 0 Å². The topological polar surface area (TPSA) is 107 Å². The summed E-state index contributed by atoms with van der Waals surface area (Å²) in [4.78, 5) is 21.7. The number of para-hydroxylation sites is 1. The Hall–Kier alpha value is -3.09. The lowest BCUT2D eigenvalue weighted by Gasteiger charge is -2.12. The van der Waals surface area contributed by atoms with Crippen LogP contribution in [0.4, 0.5) is 11.4 Å². The van der Waals surface area contributed by atoms with Crippen molar-refractivity contribution < 1.29 is 14.5 Å². The van der Waals surface area contributed by atoms with E-state index in [4.69, 9.17) is 10.5 Å². The second kappa shape index (κ2) is 6.57. The molecule has 0 bridgehead atoms. The van der Waals surface area contributed by atoms with E-state index in [-0.39, 0.29) is 12.2 Å². The molecule has 2 aromatic carbocycles. The van der Waals surface area contributed by atoms with E-state index in [1.54, 1.807) is 24.3 Å². The minimum atomic E-state index is -0.547. The predicted octanol–water partition coefficient (Wildman–Crippen LogP) is 2.31. The number of nitrogens with one attached hydrogen (secondary N) is 1. The van der Waals surface area contributed by atoms with E-state index in [9.17, 15) is 14.9 Å². The first-order chi connectivity index (χ1) is 10.5. The van der Waals surface area contributed by atoms with Crippen molar-refractivity contribution in [2.75, 3.05) is 12.4 Å². The Balaban J connectivity index is 2.26. The number of nitrogens with two attached hydrogens (primary N) is 1. The summed E-state index contributed by atoms with van der Waals surface area (Å²) in [5.74, 6) is -0.0243. The lowest BCUT2D eigenvalue weighted by molar-refractivity contribution is -0.384. The molecule has 0 radical (unpaired) electrons. The number of nitro groups is 1. The third-order valence-corrected chi connectivity index (χ3v) is 3.14. The second-order valence-electron chi connectivity index (χ2n) is 4.52. The van der Waals surface area contributed by atoms with Gasteiger partial charge in [0.1, 0.15) is 5.75 Å². The van der Waals surface area contributed by atoms with Crippen molar-refractivity contribution in [2.45, 2.75) is 6.54 Å². The van der Waals surface area contributed by atoms with Crippen molar-refractivity contribution in [3.05, 3.63) is 63.7 Å². The van der Waals surface area contributed by atoms with Gasteiger partial charge >= 0.3 is 0 Å². The van der Waals surface area contributed by atoms with E-state index in [0.29, 0.717) is 22.6 Å². The van der Waals surface area contributed by atoms with E-state index >= 15 is 0 Å². The van der Waals surface area contributed by atoms with Gasteiger partial charge < -0.3 is 15.8 Å². The maximum atomic E-state index is 11.4. The maximum absolute atomic E-state index is 11.4. The van der Waals surface area contributed by atoms with Gasteiger partial charge in [0.05, 0.1) is 17.6 Å². The third-order valence-electron chi connectivity index (χ3n) is 3.14. The summed E-state index contributed by atoms with van der Waals surface area (Å²) in [5.41, 5.74) is 6.80. The van der Waals surface area contributed by atoms with Crippen LogP contribution in [0.5, 0.6) is 5.75 Å². The highest BCUT2D eigenvalue weighted by atomic mass is 16.6. The van der Waals surface area contributed by atoms with Gasteiger partial charge in [-0.05, 0) is 18.2 Å². The normalized spacial score (nSPS) is 10.0. The van der Waals surface area contributed by atoms with Gasteiger partial charge in [-0.25, -0.2) is 0 Å². The minimum absolute atomic E-state index is 0.0270. The Labute approximate surface area is 126 Å². The van der Waals surface area contributed by atoms with Crippen molar-refractivity contribution in [3.8, 4) is 5.75 Å². The summed E-state index contributed by atoms with van der Waals surface area (Å²) in [7, 11) is 1.49. The summed E-state index contributed by atoms with van der Waals surface area (Å²) in [6, 6.07) is 11.1. The molecule has 0 aromatic heterocycles. The molecule has 0 saturated carbocycles. The molecule has 0 aliphatic rings. The van der Waals surface area contributed by atoms with Crippen LogP contribution in [0.2, 0.25) is 0 Å². The zero-order valence-corrected chi connectivity index (χ0v) is 11.9. The fourth-order valence-corrected chi connectivity index (χ4v) is 2.06. The summed E-state index contributed by atoms with van der Waals surface area (Å²) in [5, 5.41) is 13.9. The van der Waals surface area contributed by atoms with E-state index in [1.165, 1.54) is 25.3 Å². The van der Waals surface area contributed by atoms with Crippen LogP contribution in [0.1, 0.15) is 15.9 Å². The van der Waals surface area contributed by atoms with Crippen molar-refractivity contribution in [3.63, 3.8) is 0 Å². The van der Waals surface area contributed by atoms with Crippen LogP contribution in [0.25, 0.3) is 0 Å². The Morgan fingerprint density at radius 3 is 2.68 bits per heavy atom. The number of hydrogen-bond acceptors (Lipinski definition) is 5. The molecule has 114 valence electrons. The number of hydrogen-bond donors (Lipinski definition) is 2. The second-order valence-corrected chi connectivity index (χ2v) is 4.52. The quantitative estimate of drug-likeness (QED) is 0.629. The SMILES string of the molecule is COc1ccc([N+](=O)[O-])cc1CNc1ccccc1C(N)=O. The lowest BCUT2D eigenvalue weighted by Crippen LogP contribution is -2.14. The average Bonchev–Trinajstić information content (AvgIpc) is 2.52. The highest BCUT2D eigenvalue weighted by molar-refractivity contribution is 5.98. The molecule has 1 amide bonds. The van der Waals surface area contributed by atoms with Gasteiger partial charge in [0.25, 0.3) is 11.6 Å². The molecule has 0 unspecified atom stereocenters. The lowest BCUT2D eigenvalue weighted by atomic mass is 10.1. The monoisotopic (exact) mass is 301 g/mol. The molecule has 7 heteroatoms. The number of carbonyl (C=O) groups excluding carboxylic acids is 1. The zero-order chi connectivity index (χ0) is 16.1. The van der Waals surface area contributed by atoms with Gasteiger partial charge in [-0.3, -0.25) is 14.9 Å². The largest absolute Gasteiger partial charge is 0.496 e. The molecule has 0 aliphatic heterocycles. The summed E-state index contributed by atoms with van der Waals surface area (Å²) < 4.78 is 5.19. The van der Waals surface area contributed by atoms with E-state index in [0.717, 1.165) is 0 Å². The zero-order valence-electron chi connectivity index (χ0n) is 11.9. The minimum Gasteiger partial charge on any atom is -0.496 e. The van der Waals surface area contributed by atoms with Crippen molar-refractivity contribution in [2.24, 2.45) is 5.73 Å². The van der Waals surface area contributed by atoms with Crippen LogP contribution in [0.15, 0.2) is 42.5 Å².